The molecule has 0 aromatic rings. The monoisotopic (exact) mass is 791 g/mol. The number of hydrogen-bond donors (Lipinski definition) is 5. The van der Waals surface area contributed by atoms with Gasteiger partial charge in [0.15, 0.2) is 11.6 Å². The van der Waals surface area contributed by atoms with Crippen molar-refractivity contribution < 1.29 is 54.1 Å². The van der Waals surface area contributed by atoms with Gasteiger partial charge >= 0.3 is 5.97 Å². The van der Waals surface area contributed by atoms with Gasteiger partial charge in [0.1, 0.15) is 17.5 Å². The van der Waals surface area contributed by atoms with Gasteiger partial charge < -0.3 is 39.7 Å². The largest absolute Gasteiger partial charge is 0.458 e. The molecule has 3 heterocycles. The van der Waals surface area contributed by atoms with Crippen molar-refractivity contribution in [3.05, 3.63) is 36.5 Å². The molecule has 11 nitrogen and oxygen atoms in total. The van der Waals surface area contributed by atoms with Crippen LogP contribution in [0.15, 0.2) is 36.5 Å². The number of Topliss-reactive ketones (excluding diaryl/α,β-unsaturated/α-hetero) is 2. The van der Waals surface area contributed by atoms with Crippen molar-refractivity contribution in [3.8, 4) is 0 Å². The van der Waals surface area contributed by atoms with Gasteiger partial charge in [0.05, 0.1) is 36.6 Å². The van der Waals surface area contributed by atoms with E-state index in [2.05, 4.69) is 19.9 Å². The molecule has 5 N–H and O–H groups in total. The lowest BCUT2D eigenvalue weighted by molar-refractivity contribution is -0.371. The van der Waals surface area contributed by atoms with Crippen molar-refractivity contribution in [2.24, 2.45) is 53.3 Å². The smallest absolute Gasteiger partial charge is 0.330 e. The first-order valence-corrected chi connectivity index (χ1v) is 21.2. The fourth-order valence-electron chi connectivity index (χ4n) is 9.01. The molecule has 2 bridgehead atoms. The predicted octanol–water partition coefficient (Wildman–Crippen LogP) is 5.88. The Kier molecular flexibility index (Phi) is 17.7. The summed E-state index contributed by atoms with van der Waals surface area (Å²) < 4.78 is 20.0. The van der Waals surface area contributed by atoms with E-state index in [-0.39, 0.29) is 35.9 Å². The standard InChI is InChI=1S/C45H74O11/c1-12-34-17-15-13-14-16-27(4)42(51)44(11,53)43(52)32(9)40(50)31(8)39(49)30(7)38(48)26(3)18-21-37(47)54-41-29(6)35(20-19-34)55-45(33(41)10)23-22-25(2)36(56-45)24-28(5)46/h13-15,17-18,21,25-36,38,40-42,46,48,50-51,53H,12,16,19-20,22-24H2,1-11H3/b14-13?,17-15-,21-18?/t25-,26-,27+,28+,29+,30-,31-,32-,33-,34-,35-,36-,38+,40+,41+,42-,44+,45-/m0/s1. The summed E-state index contributed by atoms with van der Waals surface area (Å²) in [6.45, 7) is 19.1. The average Bonchev–Trinajstić information content (AvgIpc) is 3.16. The third-order valence-electron chi connectivity index (χ3n) is 13.4. The number of ketones is 2. The fourth-order valence-corrected chi connectivity index (χ4v) is 9.01. The Morgan fingerprint density at radius 1 is 0.839 bits per heavy atom. The second-order valence-corrected chi connectivity index (χ2v) is 18.0. The molecule has 0 amide bonds. The molecule has 18 atom stereocenters. The van der Waals surface area contributed by atoms with Crippen molar-refractivity contribution in [2.45, 2.75) is 175 Å². The number of carbonyl (C=O) groups excluding carboxylic acids is 3. The van der Waals surface area contributed by atoms with Gasteiger partial charge in [0, 0.05) is 48.0 Å². The molecule has 0 unspecified atom stereocenters. The van der Waals surface area contributed by atoms with Gasteiger partial charge in [-0.3, -0.25) is 9.59 Å². The second-order valence-electron chi connectivity index (χ2n) is 18.0. The third-order valence-corrected chi connectivity index (χ3v) is 13.4. The lowest BCUT2D eigenvalue weighted by Gasteiger charge is -2.55. The molecule has 0 aliphatic carbocycles. The van der Waals surface area contributed by atoms with Gasteiger partial charge in [0.25, 0.3) is 0 Å². The van der Waals surface area contributed by atoms with E-state index in [0.717, 1.165) is 19.3 Å². The van der Waals surface area contributed by atoms with E-state index in [1.807, 2.05) is 32.1 Å². The van der Waals surface area contributed by atoms with Crippen molar-refractivity contribution >= 4 is 17.5 Å². The number of fused-ring (bicyclic) bond motifs is 2. The highest BCUT2D eigenvalue weighted by atomic mass is 16.7. The summed E-state index contributed by atoms with van der Waals surface area (Å²) in [5.41, 5.74) is -2.18. The Morgan fingerprint density at radius 3 is 2.11 bits per heavy atom. The van der Waals surface area contributed by atoms with Gasteiger partial charge in [-0.2, -0.15) is 0 Å². The molecule has 0 radical (unpaired) electrons. The molecule has 2 fully saturated rings. The molecule has 0 aromatic heterocycles. The predicted molar refractivity (Wildman–Crippen MR) is 215 cm³/mol. The Bertz CT molecular complexity index is 1390. The molecular formula is C45H74O11. The Hall–Kier alpha value is -2.25. The number of carbonyl (C=O) groups is 3. The van der Waals surface area contributed by atoms with Crippen LogP contribution in [0.3, 0.4) is 0 Å². The summed E-state index contributed by atoms with van der Waals surface area (Å²) in [5.74, 6) is -7.28. The molecule has 0 saturated carbocycles. The SMILES string of the molecule is CC[C@H]1/C=C\C=CC[C@@H](C)[C@H](O)[C@@](C)(O)C(=O)[C@@H](C)[C@H](O)[C@@H](C)C(=O)[C@@H](C)[C@H](O)[C@@H](C)C=CC(=O)O[C@@H]2[C@H](C)[C@H](CC1)O[C@]1(CC[C@H](C)[C@H](C[C@@H](C)O)O1)[C@H]2C. The van der Waals surface area contributed by atoms with Crippen LogP contribution in [-0.4, -0.2) is 97.2 Å². The van der Waals surface area contributed by atoms with E-state index in [1.165, 1.54) is 39.8 Å². The van der Waals surface area contributed by atoms with E-state index >= 15 is 0 Å². The molecule has 3 aliphatic rings. The molecular weight excluding hydrogens is 716 g/mol. The van der Waals surface area contributed by atoms with Gasteiger partial charge in [-0.05, 0) is 70.1 Å². The van der Waals surface area contributed by atoms with Crippen LogP contribution in [0.4, 0.5) is 0 Å². The molecule has 3 aliphatic heterocycles. The molecule has 11 heteroatoms. The number of hydrogen-bond acceptors (Lipinski definition) is 11. The van der Waals surface area contributed by atoms with Crippen LogP contribution in [0.2, 0.25) is 0 Å². The van der Waals surface area contributed by atoms with Gasteiger partial charge in [-0.15, -0.1) is 0 Å². The van der Waals surface area contributed by atoms with Crippen LogP contribution in [0, 0.1) is 53.3 Å². The van der Waals surface area contributed by atoms with Gasteiger partial charge in [-0.25, -0.2) is 4.79 Å². The maximum absolute atomic E-state index is 13.5. The molecule has 2 saturated heterocycles. The lowest BCUT2D eigenvalue weighted by atomic mass is 9.74. The zero-order valence-corrected chi connectivity index (χ0v) is 35.8. The summed E-state index contributed by atoms with van der Waals surface area (Å²) in [5, 5.41) is 55.0. The first kappa shape index (κ1) is 48.1. The van der Waals surface area contributed by atoms with Crippen LogP contribution in [-0.2, 0) is 28.6 Å². The molecule has 320 valence electrons. The third kappa shape index (κ3) is 11.5. The summed E-state index contributed by atoms with van der Waals surface area (Å²) >= 11 is 0. The summed E-state index contributed by atoms with van der Waals surface area (Å²) in [7, 11) is 0. The van der Waals surface area contributed by atoms with Crippen molar-refractivity contribution in [2.75, 3.05) is 0 Å². The van der Waals surface area contributed by atoms with E-state index < -0.39 is 89.0 Å². The normalized spacial score (nSPS) is 45.6. The minimum atomic E-state index is -2.18. The van der Waals surface area contributed by atoms with Crippen molar-refractivity contribution in [1.29, 1.82) is 0 Å². The fraction of sp³-hybridized carbons (Fsp3) is 0.800. The Morgan fingerprint density at radius 2 is 1.48 bits per heavy atom. The number of esters is 1. The molecule has 0 aromatic carbocycles. The van der Waals surface area contributed by atoms with E-state index in [1.54, 1.807) is 20.8 Å². The van der Waals surface area contributed by atoms with E-state index in [4.69, 9.17) is 14.2 Å². The zero-order valence-electron chi connectivity index (χ0n) is 35.8. The summed E-state index contributed by atoms with van der Waals surface area (Å²) in [6.07, 6.45) is 9.62. The maximum Gasteiger partial charge on any atom is 0.330 e. The molecule has 3 rings (SSSR count). The van der Waals surface area contributed by atoms with Crippen LogP contribution in [0.25, 0.3) is 0 Å². The summed E-state index contributed by atoms with van der Waals surface area (Å²) in [6, 6.07) is 0. The second kappa shape index (κ2) is 20.6. The Labute approximate surface area is 336 Å². The lowest BCUT2D eigenvalue weighted by Crippen LogP contribution is -2.62. The Balaban J connectivity index is 1.99. The van der Waals surface area contributed by atoms with Crippen LogP contribution < -0.4 is 0 Å². The van der Waals surface area contributed by atoms with Crippen LogP contribution in [0.5, 0.6) is 0 Å². The number of ether oxygens (including phenoxy) is 3. The first-order chi connectivity index (χ1) is 26.1. The van der Waals surface area contributed by atoms with E-state index in [0.29, 0.717) is 25.7 Å². The average molecular weight is 791 g/mol. The number of rotatable bonds is 3. The number of allylic oxidation sites excluding steroid dienone is 4. The first-order valence-electron chi connectivity index (χ1n) is 21.2. The van der Waals surface area contributed by atoms with Crippen LogP contribution in [0.1, 0.15) is 121 Å². The minimum absolute atomic E-state index is 0.168. The van der Waals surface area contributed by atoms with Crippen LogP contribution >= 0.6 is 0 Å². The summed E-state index contributed by atoms with van der Waals surface area (Å²) in [4.78, 5) is 40.5. The number of aliphatic hydroxyl groups is 5. The maximum atomic E-state index is 13.5. The highest BCUT2D eigenvalue weighted by Gasteiger charge is 2.56. The highest BCUT2D eigenvalue weighted by Crippen LogP contribution is 2.49. The molecule has 56 heavy (non-hydrogen) atoms. The minimum Gasteiger partial charge on any atom is -0.458 e. The quantitative estimate of drug-likeness (QED) is 0.216. The number of aliphatic hydroxyl groups excluding tert-OH is 4. The zero-order chi connectivity index (χ0) is 42.3. The van der Waals surface area contributed by atoms with Gasteiger partial charge in [0.2, 0.25) is 0 Å². The highest BCUT2D eigenvalue weighted by molar-refractivity contribution is 5.91. The van der Waals surface area contributed by atoms with Crippen molar-refractivity contribution in [1.82, 2.24) is 0 Å². The van der Waals surface area contributed by atoms with E-state index in [9.17, 15) is 39.9 Å². The topological polar surface area (TPSA) is 180 Å². The van der Waals surface area contributed by atoms with Gasteiger partial charge in [-0.1, -0.05) is 92.7 Å². The molecule has 1 spiro atoms. The van der Waals surface area contributed by atoms with Crippen molar-refractivity contribution in [3.63, 3.8) is 0 Å².